The molecule has 0 saturated heterocycles. The summed E-state index contributed by atoms with van der Waals surface area (Å²) >= 11 is 3.52. The predicted octanol–water partition coefficient (Wildman–Crippen LogP) is 3.07. The molecule has 0 aromatic heterocycles. The third-order valence-electron chi connectivity index (χ3n) is 4.08. The first-order valence-corrected chi connectivity index (χ1v) is 9.56. The summed E-state index contributed by atoms with van der Waals surface area (Å²) in [6.45, 7) is 3.92. The van der Waals surface area contributed by atoms with Crippen molar-refractivity contribution in [1.29, 1.82) is 0 Å². The zero-order valence-corrected chi connectivity index (χ0v) is 16.6. The molecule has 0 unspecified atom stereocenters. The van der Waals surface area contributed by atoms with Crippen LogP contribution in [0, 0.1) is 0 Å². The van der Waals surface area contributed by atoms with Gasteiger partial charge in [-0.05, 0) is 31.4 Å². The Kier molecular flexibility index (Phi) is 7.98. The lowest BCUT2D eigenvalue weighted by atomic mass is 10.2. The third-order valence-corrected chi connectivity index (χ3v) is 4.85. The van der Waals surface area contributed by atoms with Crippen LogP contribution in [0.25, 0.3) is 0 Å². The van der Waals surface area contributed by atoms with Gasteiger partial charge in [0, 0.05) is 37.1 Å². The lowest BCUT2D eigenvalue weighted by Gasteiger charge is -2.19. The van der Waals surface area contributed by atoms with Crippen molar-refractivity contribution < 1.29 is 4.79 Å². The van der Waals surface area contributed by atoms with Gasteiger partial charge in [0.2, 0.25) is 5.91 Å². The van der Waals surface area contributed by atoms with E-state index in [-0.39, 0.29) is 5.91 Å². The fourth-order valence-electron chi connectivity index (χ4n) is 2.67. The zero-order valence-electron chi connectivity index (χ0n) is 15.0. The van der Waals surface area contributed by atoms with Crippen LogP contribution in [0.4, 0.5) is 0 Å². The lowest BCUT2D eigenvalue weighted by Crippen LogP contribution is -2.42. The first-order valence-electron chi connectivity index (χ1n) is 8.77. The smallest absolute Gasteiger partial charge is 0.224 e. The van der Waals surface area contributed by atoms with E-state index >= 15 is 0 Å². The summed E-state index contributed by atoms with van der Waals surface area (Å²) in [5, 5.41) is 6.65. The van der Waals surface area contributed by atoms with Crippen LogP contribution in [0.15, 0.2) is 45.9 Å². The largest absolute Gasteiger partial charge is 0.357 e. The number of hydrogen-bond donors (Lipinski definition) is 2. The topological polar surface area (TPSA) is 56.7 Å². The minimum atomic E-state index is 0.0953. The number of rotatable bonds is 7. The van der Waals surface area contributed by atoms with Crippen molar-refractivity contribution in [3.05, 3.63) is 46.5 Å². The minimum Gasteiger partial charge on any atom is -0.357 e. The molecule has 25 heavy (non-hydrogen) atoms. The Balaban J connectivity index is 1.81. The summed E-state index contributed by atoms with van der Waals surface area (Å²) in [6.07, 6.45) is 6.82. The maximum absolute atomic E-state index is 12.3. The molecule has 0 bridgehead atoms. The number of benzene rings is 1. The van der Waals surface area contributed by atoms with E-state index in [1.54, 1.807) is 4.90 Å². The van der Waals surface area contributed by atoms with Gasteiger partial charge in [-0.15, -0.1) is 0 Å². The van der Waals surface area contributed by atoms with Gasteiger partial charge in [-0.1, -0.05) is 46.3 Å². The number of guanidine groups is 1. The SMILES string of the molecule is CCNC(=NCCC(=O)N(C)Cc1ccccc1Br)NC1CC=CC1. The van der Waals surface area contributed by atoms with Gasteiger partial charge >= 0.3 is 0 Å². The summed E-state index contributed by atoms with van der Waals surface area (Å²) < 4.78 is 1.02. The van der Waals surface area contributed by atoms with Gasteiger partial charge in [-0.3, -0.25) is 9.79 Å². The van der Waals surface area contributed by atoms with Gasteiger partial charge in [0.1, 0.15) is 0 Å². The van der Waals surface area contributed by atoms with E-state index in [0.29, 0.717) is 25.6 Å². The quantitative estimate of drug-likeness (QED) is 0.415. The summed E-state index contributed by atoms with van der Waals surface area (Å²) in [6, 6.07) is 8.37. The van der Waals surface area contributed by atoms with Crippen molar-refractivity contribution in [2.24, 2.45) is 4.99 Å². The summed E-state index contributed by atoms with van der Waals surface area (Å²) in [5.41, 5.74) is 1.10. The molecule has 2 rings (SSSR count). The van der Waals surface area contributed by atoms with E-state index in [1.165, 1.54) is 0 Å². The Bertz CT molecular complexity index is 622. The molecule has 136 valence electrons. The number of nitrogens with one attached hydrogen (secondary N) is 2. The molecular formula is C19H27BrN4O. The average Bonchev–Trinajstić information content (AvgIpc) is 3.10. The van der Waals surface area contributed by atoms with Crippen molar-refractivity contribution in [3.8, 4) is 0 Å². The molecule has 1 aliphatic carbocycles. The molecule has 0 spiro atoms. The number of aliphatic imine (C=N–C) groups is 1. The Hall–Kier alpha value is -1.82. The molecule has 0 atom stereocenters. The van der Waals surface area contributed by atoms with Crippen molar-refractivity contribution in [2.45, 2.75) is 38.8 Å². The monoisotopic (exact) mass is 406 g/mol. The van der Waals surface area contributed by atoms with Crippen molar-refractivity contribution in [2.75, 3.05) is 20.1 Å². The van der Waals surface area contributed by atoms with Gasteiger partial charge in [0.05, 0.1) is 6.54 Å². The van der Waals surface area contributed by atoms with Gasteiger partial charge < -0.3 is 15.5 Å². The van der Waals surface area contributed by atoms with Crippen LogP contribution in [0.5, 0.6) is 0 Å². The van der Waals surface area contributed by atoms with E-state index in [4.69, 9.17) is 0 Å². The van der Waals surface area contributed by atoms with Crippen LogP contribution in [0.1, 0.15) is 31.7 Å². The van der Waals surface area contributed by atoms with E-state index in [9.17, 15) is 4.79 Å². The second-order valence-corrected chi connectivity index (χ2v) is 6.99. The molecule has 1 aliphatic rings. The standard InChI is InChI=1S/C19H27BrN4O/c1-3-21-19(23-16-9-5-6-10-16)22-13-12-18(25)24(2)14-15-8-4-7-11-17(15)20/h4-8,11,16H,3,9-10,12-14H2,1-2H3,(H2,21,22,23). The zero-order chi connectivity index (χ0) is 18.1. The molecule has 0 heterocycles. The molecule has 0 aliphatic heterocycles. The first kappa shape index (κ1) is 19.5. The number of amides is 1. The van der Waals surface area contributed by atoms with Gasteiger partial charge in [0.15, 0.2) is 5.96 Å². The highest BCUT2D eigenvalue weighted by Crippen LogP contribution is 2.17. The summed E-state index contributed by atoms with van der Waals surface area (Å²) in [7, 11) is 1.83. The Morgan fingerprint density at radius 1 is 1.32 bits per heavy atom. The highest BCUT2D eigenvalue weighted by molar-refractivity contribution is 9.10. The van der Waals surface area contributed by atoms with Gasteiger partial charge in [-0.25, -0.2) is 0 Å². The molecule has 5 nitrogen and oxygen atoms in total. The number of carbonyl (C=O) groups is 1. The molecule has 0 radical (unpaired) electrons. The molecule has 0 fully saturated rings. The van der Waals surface area contributed by atoms with Crippen molar-refractivity contribution >= 4 is 27.8 Å². The Morgan fingerprint density at radius 3 is 2.72 bits per heavy atom. The molecule has 1 amide bonds. The van der Waals surface area contributed by atoms with Crippen LogP contribution in [-0.2, 0) is 11.3 Å². The fraction of sp³-hybridized carbons (Fsp3) is 0.474. The van der Waals surface area contributed by atoms with Gasteiger partial charge in [0.25, 0.3) is 0 Å². The van der Waals surface area contributed by atoms with E-state index < -0.39 is 0 Å². The van der Waals surface area contributed by atoms with Crippen LogP contribution in [0.3, 0.4) is 0 Å². The molecule has 2 N–H and O–H groups in total. The highest BCUT2D eigenvalue weighted by atomic mass is 79.9. The predicted molar refractivity (Wildman–Crippen MR) is 107 cm³/mol. The number of nitrogens with zero attached hydrogens (tertiary/aromatic N) is 2. The molecule has 6 heteroatoms. The Morgan fingerprint density at radius 2 is 2.04 bits per heavy atom. The number of hydrogen-bond acceptors (Lipinski definition) is 2. The molecule has 0 saturated carbocycles. The number of carbonyl (C=O) groups excluding carboxylic acids is 1. The van der Waals surface area contributed by atoms with Crippen molar-refractivity contribution in [3.63, 3.8) is 0 Å². The number of halogens is 1. The maximum atomic E-state index is 12.3. The summed E-state index contributed by atoms with van der Waals surface area (Å²) in [4.78, 5) is 18.6. The van der Waals surface area contributed by atoms with E-state index in [0.717, 1.165) is 35.4 Å². The fourth-order valence-corrected chi connectivity index (χ4v) is 3.08. The summed E-state index contributed by atoms with van der Waals surface area (Å²) in [5.74, 6) is 0.885. The van der Waals surface area contributed by atoms with Crippen molar-refractivity contribution in [1.82, 2.24) is 15.5 Å². The molecular weight excluding hydrogens is 380 g/mol. The van der Waals surface area contributed by atoms with Crippen LogP contribution in [-0.4, -0.2) is 42.9 Å². The Labute approximate surface area is 158 Å². The lowest BCUT2D eigenvalue weighted by molar-refractivity contribution is -0.130. The first-order chi connectivity index (χ1) is 12.1. The second-order valence-electron chi connectivity index (χ2n) is 6.14. The minimum absolute atomic E-state index is 0.0953. The van der Waals surface area contributed by atoms with E-state index in [1.807, 2.05) is 38.2 Å². The average molecular weight is 407 g/mol. The van der Waals surface area contributed by atoms with Crippen LogP contribution < -0.4 is 10.6 Å². The third kappa shape index (κ3) is 6.53. The molecule has 1 aromatic carbocycles. The van der Waals surface area contributed by atoms with Crippen LogP contribution in [0.2, 0.25) is 0 Å². The van der Waals surface area contributed by atoms with Crippen LogP contribution >= 0.6 is 15.9 Å². The highest BCUT2D eigenvalue weighted by Gasteiger charge is 2.13. The molecule has 1 aromatic rings. The van der Waals surface area contributed by atoms with Gasteiger partial charge in [-0.2, -0.15) is 0 Å². The normalized spacial score (nSPS) is 14.6. The maximum Gasteiger partial charge on any atom is 0.224 e. The second kappa shape index (κ2) is 10.2. The van der Waals surface area contributed by atoms with E-state index in [2.05, 4.69) is 43.7 Å².